The van der Waals surface area contributed by atoms with Crippen molar-refractivity contribution in [2.75, 3.05) is 12.4 Å². The maximum atomic E-state index is 12.7. The second-order valence-corrected chi connectivity index (χ2v) is 7.28. The second-order valence-electron chi connectivity index (χ2n) is 5.76. The number of rotatable bonds is 5. The third-order valence-corrected chi connectivity index (χ3v) is 5.58. The van der Waals surface area contributed by atoms with Crippen molar-refractivity contribution in [3.05, 3.63) is 50.8 Å². The molecular formula is C18H18ClN3O3S. The number of benzene rings is 1. The molecular weight excluding hydrogens is 374 g/mol. The predicted molar refractivity (Wildman–Crippen MR) is 105 cm³/mol. The maximum Gasteiger partial charge on any atom is 0.262 e. The van der Waals surface area contributed by atoms with Gasteiger partial charge in [-0.3, -0.25) is 14.2 Å². The van der Waals surface area contributed by atoms with Crippen LogP contribution in [0.1, 0.15) is 24.8 Å². The van der Waals surface area contributed by atoms with Crippen molar-refractivity contribution in [3.8, 4) is 5.75 Å². The monoisotopic (exact) mass is 391 g/mol. The van der Waals surface area contributed by atoms with Crippen molar-refractivity contribution < 1.29 is 9.53 Å². The average molecular weight is 392 g/mol. The SMILES string of the molecule is CCc1cc2c(=O)n(C(C)C(=O)Nc3ccc(OC)c(Cl)c3)cnc2s1. The minimum Gasteiger partial charge on any atom is -0.495 e. The highest BCUT2D eigenvalue weighted by Crippen LogP contribution is 2.27. The van der Waals surface area contributed by atoms with E-state index in [-0.39, 0.29) is 11.5 Å². The molecule has 0 bridgehead atoms. The summed E-state index contributed by atoms with van der Waals surface area (Å²) in [6.07, 6.45) is 2.26. The minimum absolute atomic E-state index is 0.221. The van der Waals surface area contributed by atoms with Crippen molar-refractivity contribution >= 4 is 44.7 Å². The third kappa shape index (κ3) is 3.45. The number of anilines is 1. The van der Waals surface area contributed by atoms with Crippen LogP contribution in [-0.2, 0) is 11.2 Å². The first-order valence-corrected chi connectivity index (χ1v) is 9.28. The van der Waals surface area contributed by atoms with Crippen LogP contribution in [0, 0.1) is 0 Å². The number of carbonyl (C=O) groups is 1. The molecule has 1 N–H and O–H groups in total. The number of nitrogens with one attached hydrogen (secondary N) is 1. The van der Waals surface area contributed by atoms with Crippen LogP contribution in [0.5, 0.6) is 5.75 Å². The first-order chi connectivity index (χ1) is 12.4. The number of thiophene rings is 1. The number of fused-ring (bicyclic) bond motifs is 1. The second kappa shape index (κ2) is 7.47. The summed E-state index contributed by atoms with van der Waals surface area (Å²) in [5.41, 5.74) is 0.305. The van der Waals surface area contributed by atoms with Gasteiger partial charge in [0.1, 0.15) is 16.6 Å². The summed E-state index contributed by atoms with van der Waals surface area (Å²) < 4.78 is 6.43. The quantitative estimate of drug-likeness (QED) is 0.716. The molecule has 2 aromatic heterocycles. The summed E-state index contributed by atoms with van der Waals surface area (Å²) in [5.74, 6) is 0.188. The van der Waals surface area contributed by atoms with E-state index in [2.05, 4.69) is 10.3 Å². The van der Waals surface area contributed by atoms with E-state index in [4.69, 9.17) is 16.3 Å². The number of hydrogen-bond acceptors (Lipinski definition) is 5. The molecule has 0 aliphatic heterocycles. The predicted octanol–water partition coefficient (Wildman–Crippen LogP) is 3.88. The molecule has 0 fully saturated rings. The highest BCUT2D eigenvalue weighted by atomic mass is 35.5. The Balaban J connectivity index is 1.86. The molecule has 1 amide bonds. The van der Waals surface area contributed by atoms with E-state index < -0.39 is 6.04 Å². The van der Waals surface area contributed by atoms with Gasteiger partial charge in [-0.25, -0.2) is 4.98 Å². The van der Waals surface area contributed by atoms with Gasteiger partial charge in [0.15, 0.2) is 0 Å². The van der Waals surface area contributed by atoms with Gasteiger partial charge in [-0.2, -0.15) is 0 Å². The van der Waals surface area contributed by atoms with Crippen LogP contribution in [0.3, 0.4) is 0 Å². The van der Waals surface area contributed by atoms with Crippen LogP contribution in [0.4, 0.5) is 5.69 Å². The molecule has 6 nitrogen and oxygen atoms in total. The lowest BCUT2D eigenvalue weighted by molar-refractivity contribution is -0.118. The number of halogens is 1. The fourth-order valence-electron chi connectivity index (χ4n) is 2.55. The van der Waals surface area contributed by atoms with Gasteiger partial charge in [-0.1, -0.05) is 18.5 Å². The van der Waals surface area contributed by atoms with Gasteiger partial charge in [0.05, 0.1) is 23.8 Å². The van der Waals surface area contributed by atoms with Gasteiger partial charge in [-0.15, -0.1) is 11.3 Å². The Morgan fingerprint density at radius 2 is 2.19 bits per heavy atom. The van der Waals surface area contributed by atoms with E-state index in [0.29, 0.717) is 26.7 Å². The average Bonchev–Trinajstić information content (AvgIpc) is 3.06. The highest BCUT2D eigenvalue weighted by Gasteiger charge is 2.19. The summed E-state index contributed by atoms with van der Waals surface area (Å²) in [4.78, 5) is 31.4. The highest BCUT2D eigenvalue weighted by molar-refractivity contribution is 7.18. The van der Waals surface area contributed by atoms with Gasteiger partial charge < -0.3 is 10.1 Å². The lowest BCUT2D eigenvalue weighted by Crippen LogP contribution is -2.31. The summed E-state index contributed by atoms with van der Waals surface area (Å²) in [6.45, 7) is 3.68. The number of carbonyl (C=O) groups excluding carboxylic acids is 1. The van der Waals surface area contributed by atoms with Crippen molar-refractivity contribution in [1.82, 2.24) is 9.55 Å². The Morgan fingerprint density at radius 3 is 2.85 bits per heavy atom. The maximum absolute atomic E-state index is 12.7. The van der Waals surface area contributed by atoms with Crippen LogP contribution in [0.15, 0.2) is 35.4 Å². The van der Waals surface area contributed by atoms with E-state index >= 15 is 0 Å². The molecule has 1 unspecified atom stereocenters. The normalized spacial score (nSPS) is 12.2. The van der Waals surface area contributed by atoms with E-state index in [1.54, 1.807) is 25.1 Å². The number of aryl methyl sites for hydroxylation is 1. The van der Waals surface area contributed by atoms with Gasteiger partial charge in [-0.05, 0) is 37.6 Å². The van der Waals surface area contributed by atoms with Crippen LogP contribution in [-0.4, -0.2) is 22.6 Å². The van der Waals surface area contributed by atoms with Crippen molar-refractivity contribution in [1.29, 1.82) is 0 Å². The molecule has 0 spiro atoms. The van der Waals surface area contributed by atoms with Crippen LogP contribution in [0.2, 0.25) is 5.02 Å². The zero-order chi connectivity index (χ0) is 18.8. The zero-order valence-corrected chi connectivity index (χ0v) is 16.1. The van der Waals surface area contributed by atoms with Crippen molar-refractivity contribution in [2.45, 2.75) is 26.3 Å². The topological polar surface area (TPSA) is 73.2 Å². The largest absolute Gasteiger partial charge is 0.495 e. The molecule has 136 valence electrons. The van der Waals surface area contributed by atoms with Gasteiger partial charge in [0, 0.05) is 10.6 Å². The Bertz CT molecular complexity index is 1030. The Morgan fingerprint density at radius 1 is 1.42 bits per heavy atom. The fourth-order valence-corrected chi connectivity index (χ4v) is 3.74. The summed E-state index contributed by atoms with van der Waals surface area (Å²) >= 11 is 7.57. The van der Waals surface area contributed by atoms with E-state index in [1.165, 1.54) is 29.3 Å². The number of amides is 1. The number of hydrogen-bond donors (Lipinski definition) is 1. The molecule has 1 aromatic carbocycles. The molecule has 3 aromatic rings. The summed E-state index contributed by atoms with van der Waals surface area (Å²) in [5, 5.41) is 3.70. The number of methoxy groups -OCH3 is 1. The van der Waals surface area contributed by atoms with Crippen LogP contribution in [0.25, 0.3) is 10.2 Å². The molecule has 26 heavy (non-hydrogen) atoms. The van der Waals surface area contributed by atoms with E-state index in [0.717, 1.165) is 11.3 Å². The van der Waals surface area contributed by atoms with E-state index in [9.17, 15) is 9.59 Å². The molecule has 8 heteroatoms. The van der Waals surface area contributed by atoms with Crippen molar-refractivity contribution in [2.24, 2.45) is 0 Å². The molecule has 2 heterocycles. The summed E-state index contributed by atoms with van der Waals surface area (Å²) in [7, 11) is 1.52. The van der Waals surface area contributed by atoms with Gasteiger partial charge >= 0.3 is 0 Å². The molecule has 0 saturated carbocycles. The fraction of sp³-hybridized carbons (Fsp3) is 0.278. The van der Waals surface area contributed by atoms with Gasteiger partial charge in [0.2, 0.25) is 5.91 Å². The minimum atomic E-state index is -0.717. The molecule has 0 radical (unpaired) electrons. The summed E-state index contributed by atoms with van der Waals surface area (Å²) in [6, 6.07) is 6.08. The first-order valence-electron chi connectivity index (χ1n) is 8.08. The van der Waals surface area contributed by atoms with Crippen LogP contribution >= 0.6 is 22.9 Å². The molecule has 1 atom stereocenters. The lowest BCUT2D eigenvalue weighted by atomic mass is 10.2. The van der Waals surface area contributed by atoms with E-state index in [1.807, 2.05) is 13.0 Å². The van der Waals surface area contributed by atoms with Gasteiger partial charge in [0.25, 0.3) is 5.56 Å². The number of aromatic nitrogens is 2. The molecule has 3 rings (SSSR count). The molecule has 0 saturated heterocycles. The zero-order valence-electron chi connectivity index (χ0n) is 14.6. The third-order valence-electron chi connectivity index (χ3n) is 4.09. The number of nitrogens with zero attached hydrogens (tertiary/aromatic N) is 2. The standard InChI is InChI=1S/C18H18ClN3O3S/c1-4-12-8-13-17(26-12)20-9-22(18(13)24)10(2)16(23)21-11-5-6-15(25-3)14(19)7-11/h5-10H,4H2,1-3H3,(H,21,23). The first kappa shape index (κ1) is 18.4. The smallest absolute Gasteiger partial charge is 0.262 e. The molecule has 0 aliphatic rings. The Labute approximate surface area is 159 Å². The lowest BCUT2D eigenvalue weighted by Gasteiger charge is -2.15. The molecule has 0 aliphatic carbocycles. The van der Waals surface area contributed by atoms with Crippen LogP contribution < -0.4 is 15.6 Å². The Hall–Kier alpha value is -2.38. The number of ether oxygens (including phenoxy) is 1. The Kier molecular flexibility index (Phi) is 5.29. The van der Waals surface area contributed by atoms with Crippen molar-refractivity contribution in [3.63, 3.8) is 0 Å².